The van der Waals surface area contributed by atoms with Gasteiger partial charge >= 0.3 is 0 Å². The van der Waals surface area contributed by atoms with E-state index in [2.05, 4.69) is 20.3 Å². The van der Waals surface area contributed by atoms with Crippen LogP contribution in [0.1, 0.15) is 11.4 Å². The summed E-state index contributed by atoms with van der Waals surface area (Å²) in [4.78, 5) is 12.6. The lowest BCUT2D eigenvalue weighted by Crippen LogP contribution is -2.02. The molecule has 25 heavy (non-hydrogen) atoms. The van der Waals surface area contributed by atoms with Crippen molar-refractivity contribution in [3.63, 3.8) is 0 Å². The smallest absolute Gasteiger partial charge is 0.240 e. The van der Waals surface area contributed by atoms with Gasteiger partial charge in [-0.25, -0.2) is 4.98 Å². The van der Waals surface area contributed by atoms with Crippen molar-refractivity contribution in [2.75, 3.05) is 5.32 Å². The van der Waals surface area contributed by atoms with Crippen LogP contribution in [0.25, 0.3) is 23.5 Å². The van der Waals surface area contributed by atoms with Crippen LogP contribution in [0.15, 0.2) is 48.5 Å². The maximum atomic E-state index is 10.00. The highest BCUT2D eigenvalue weighted by Crippen LogP contribution is 2.26. The summed E-state index contributed by atoms with van der Waals surface area (Å²) in [7, 11) is 0. The van der Waals surface area contributed by atoms with Crippen LogP contribution in [0.2, 0.25) is 5.02 Å². The normalized spacial score (nSPS) is 10.6. The Bertz CT molecular complexity index is 981. The van der Waals surface area contributed by atoms with E-state index in [0.29, 0.717) is 16.4 Å². The Balaban J connectivity index is 2.04. The van der Waals surface area contributed by atoms with E-state index in [9.17, 15) is 5.11 Å². The summed E-state index contributed by atoms with van der Waals surface area (Å²) >= 11 is 6.13. The maximum absolute atomic E-state index is 10.00. The Labute approximate surface area is 149 Å². The molecular formula is C18H12ClN5O. The Morgan fingerprint density at radius 3 is 2.52 bits per heavy atom. The van der Waals surface area contributed by atoms with Gasteiger partial charge in [-0.2, -0.15) is 15.2 Å². The Morgan fingerprint density at radius 1 is 1.00 bits per heavy atom. The molecule has 0 fully saturated rings. The maximum Gasteiger partial charge on any atom is 0.240 e. The summed E-state index contributed by atoms with van der Waals surface area (Å²) in [5.74, 6) is 0.711. The zero-order valence-electron chi connectivity index (χ0n) is 12.9. The van der Waals surface area contributed by atoms with Crippen LogP contribution in [-0.2, 0) is 0 Å². The minimum absolute atomic E-state index is 0.0395. The molecule has 0 aliphatic carbocycles. The zero-order chi connectivity index (χ0) is 17.6. The highest BCUT2D eigenvalue weighted by molar-refractivity contribution is 6.32. The first-order valence-corrected chi connectivity index (χ1v) is 7.67. The van der Waals surface area contributed by atoms with Gasteiger partial charge in [0.15, 0.2) is 17.8 Å². The molecule has 0 amide bonds. The van der Waals surface area contributed by atoms with Gasteiger partial charge in [-0.05, 0) is 35.9 Å². The molecule has 6 nitrogen and oxygen atoms in total. The van der Waals surface area contributed by atoms with Gasteiger partial charge in [0, 0.05) is 5.02 Å². The average molecular weight is 350 g/mol. The Kier molecular flexibility index (Phi) is 4.88. The monoisotopic (exact) mass is 349 g/mol. The van der Waals surface area contributed by atoms with E-state index in [-0.39, 0.29) is 17.5 Å². The molecule has 2 aromatic carbocycles. The van der Waals surface area contributed by atoms with Crippen LogP contribution in [0.5, 0.6) is 5.75 Å². The van der Waals surface area contributed by atoms with Crippen molar-refractivity contribution in [1.29, 1.82) is 5.26 Å². The zero-order valence-corrected chi connectivity index (χ0v) is 13.6. The fourth-order valence-corrected chi connectivity index (χ4v) is 2.33. The van der Waals surface area contributed by atoms with E-state index >= 15 is 0 Å². The molecule has 0 atom stereocenters. The quantitative estimate of drug-likeness (QED) is 0.547. The number of aromatic nitrogens is 3. The molecule has 1 heterocycles. The predicted molar refractivity (Wildman–Crippen MR) is 96.5 cm³/mol. The van der Waals surface area contributed by atoms with E-state index in [0.717, 1.165) is 5.56 Å². The van der Waals surface area contributed by atoms with Crippen molar-refractivity contribution in [3.05, 3.63) is 64.9 Å². The van der Waals surface area contributed by atoms with Crippen LogP contribution in [0, 0.1) is 11.5 Å². The highest BCUT2D eigenvalue weighted by atomic mass is 35.5. The molecule has 1 aromatic heterocycles. The van der Waals surface area contributed by atoms with Crippen molar-refractivity contribution in [1.82, 2.24) is 15.0 Å². The molecule has 0 unspecified atom stereocenters. The van der Waals surface area contributed by atoms with Gasteiger partial charge in [-0.1, -0.05) is 41.9 Å². The second-order valence-corrected chi connectivity index (χ2v) is 5.36. The molecule has 0 aliphatic rings. The number of para-hydroxylation sites is 1. The standard InChI is InChI=1S/C18H12ClN5O/c19-14-7-3-1-5-12(14)9-10-16-22-17(24-18(23-16)21-11-20)13-6-2-4-8-15(13)25/h1-10,25H,(H,21,22,23,24)/b10-9+. The van der Waals surface area contributed by atoms with Crippen molar-refractivity contribution in [3.8, 4) is 23.3 Å². The molecular weight excluding hydrogens is 338 g/mol. The molecule has 0 bridgehead atoms. The van der Waals surface area contributed by atoms with E-state index in [1.807, 2.05) is 18.2 Å². The van der Waals surface area contributed by atoms with Crippen molar-refractivity contribution in [2.45, 2.75) is 0 Å². The summed E-state index contributed by atoms with van der Waals surface area (Å²) in [6, 6.07) is 14.0. The number of nitrogens with one attached hydrogen (secondary N) is 1. The molecule has 2 N–H and O–H groups in total. The van der Waals surface area contributed by atoms with Crippen LogP contribution in [0.3, 0.4) is 0 Å². The number of nitrogens with zero attached hydrogens (tertiary/aromatic N) is 4. The predicted octanol–water partition coefficient (Wildman–Crippen LogP) is 3.96. The lowest BCUT2D eigenvalue weighted by Gasteiger charge is -2.05. The second-order valence-electron chi connectivity index (χ2n) is 4.95. The fraction of sp³-hybridized carbons (Fsp3) is 0. The van der Waals surface area contributed by atoms with Crippen LogP contribution in [0.4, 0.5) is 5.95 Å². The van der Waals surface area contributed by atoms with Gasteiger partial charge in [-0.15, -0.1) is 0 Å². The Morgan fingerprint density at radius 2 is 1.76 bits per heavy atom. The number of hydrogen-bond donors (Lipinski definition) is 2. The summed E-state index contributed by atoms with van der Waals surface area (Å²) < 4.78 is 0. The van der Waals surface area contributed by atoms with E-state index in [1.54, 1.807) is 42.6 Å². The van der Waals surface area contributed by atoms with Gasteiger partial charge in [0.05, 0.1) is 5.56 Å². The lowest BCUT2D eigenvalue weighted by molar-refractivity contribution is 0.477. The third kappa shape index (κ3) is 3.91. The molecule has 3 aromatic rings. The molecule has 122 valence electrons. The van der Waals surface area contributed by atoms with Crippen LogP contribution in [-0.4, -0.2) is 20.1 Å². The largest absolute Gasteiger partial charge is 0.507 e. The number of hydrogen-bond acceptors (Lipinski definition) is 6. The first-order chi connectivity index (χ1) is 12.2. The van der Waals surface area contributed by atoms with Crippen LogP contribution >= 0.6 is 11.6 Å². The third-order valence-corrected chi connectivity index (χ3v) is 3.63. The summed E-state index contributed by atoms with van der Waals surface area (Å²) in [5.41, 5.74) is 1.25. The van der Waals surface area contributed by atoms with E-state index < -0.39 is 0 Å². The van der Waals surface area contributed by atoms with Gasteiger partial charge in [0.2, 0.25) is 5.95 Å². The molecule has 0 radical (unpaired) electrons. The minimum Gasteiger partial charge on any atom is -0.507 e. The molecule has 0 aliphatic heterocycles. The first-order valence-electron chi connectivity index (χ1n) is 7.29. The number of benzene rings is 2. The molecule has 7 heteroatoms. The number of nitriles is 1. The highest BCUT2D eigenvalue weighted by Gasteiger charge is 2.10. The van der Waals surface area contributed by atoms with Crippen LogP contribution < -0.4 is 5.32 Å². The third-order valence-electron chi connectivity index (χ3n) is 3.28. The summed E-state index contributed by atoms with van der Waals surface area (Å²) in [6.45, 7) is 0. The number of phenols is 1. The number of aromatic hydroxyl groups is 1. The minimum atomic E-state index is 0.0395. The van der Waals surface area contributed by atoms with Crippen molar-refractivity contribution >= 4 is 29.7 Å². The molecule has 0 spiro atoms. The number of rotatable bonds is 4. The van der Waals surface area contributed by atoms with Gasteiger partial charge < -0.3 is 5.11 Å². The Hall–Kier alpha value is -3.43. The van der Waals surface area contributed by atoms with Gasteiger partial charge in [0.25, 0.3) is 0 Å². The second kappa shape index (κ2) is 7.43. The fourth-order valence-electron chi connectivity index (χ4n) is 2.13. The lowest BCUT2D eigenvalue weighted by atomic mass is 10.2. The molecule has 3 rings (SSSR count). The number of halogens is 1. The van der Waals surface area contributed by atoms with E-state index in [1.165, 1.54) is 6.07 Å². The van der Waals surface area contributed by atoms with Gasteiger partial charge in [-0.3, -0.25) is 5.32 Å². The van der Waals surface area contributed by atoms with Crippen molar-refractivity contribution in [2.24, 2.45) is 0 Å². The van der Waals surface area contributed by atoms with Gasteiger partial charge in [0.1, 0.15) is 5.75 Å². The number of phenolic OH excluding ortho intramolecular Hbond substituents is 1. The summed E-state index contributed by atoms with van der Waals surface area (Å²) in [5, 5.41) is 21.8. The molecule has 0 saturated heterocycles. The molecule has 0 saturated carbocycles. The first kappa shape index (κ1) is 16.4. The number of anilines is 1. The SMILES string of the molecule is N#CNc1nc(/C=C/c2ccccc2Cl)nc(-c2ccccc2O)n1. The van der Waals surface area contributed by atoms with E-state index in [4.69, 9.17) is 16.9 Å². The van der Waals surface area contributed by atoms with Crippen molar-refractivity contribution < 1.29 is 5.11 Å². The topological polar surface area (TPSA) is 94.7 Å². The summed E-state index contributed by atoms with van der Waals surface area (Å²) in [6.07, 6.45) is 5.20. The average Bonchev–Trinajstić information content (AvgIpc) is 2.61.